The molecule has 0 spiro atoms. The van der Waals surface area contributed by atoms with Crippen molar-refractivity contribution >= 4 is 23.4 Å². The van der Waals surface area contributed by atoms with E-state index in [0.29, 0.717) is 0 Å². The van der Waals surface area contributed by atoms with Crippen LogP contribution < -0.4 is 5.73 Å². The van der Waals surface area contributed by atoms with E-state index in [1.807, 2.05) is 18.2 Å². The third-order valence-electron chi connectivity index (χ3n) is 3.92. The van der Waals surface area contributed by atoms with Crippen molar-refractivity contribution in [1.82, 2.24) is 0 Å². The largest absolute Gasteiger partial charge is 0.327 e. The van der Waals surface area contributed by atoms with E-state index in [9.17, 15) is 0 Å². The van der Waals surface area contributed by atoms with Gasteiger partial charge in [-0.3, -0.25) is 0 Å². The molecule has 21 heavy (non-hydrogen) atoms. The molecule has 1 nitrogen and oxygen atoms in total. The van der Waals surface area contributed by atoms with Crippen LogP contribution in [0, 0.1) is 0 Å². The first kappa shape index (κ1) is 15.0. The van der Waals surface area contributed by atoms with Crippen LogP contribution in [0.5, 0.6) is 0 Å². The maximum Gasteiger partial charge on any atom is 0.0417 e. The lowest BCUT2D eigenvalue weighted by atomic mass is 10.0. The molecule has 0 fully saturated rings. The Morgan fingerprint density at radius 3 is 2.81 bits per heavy atom. The number of rotatable bonds is 5. The highest BCUT2D eigenvalue weighted by Crippen LogP contribution is 2.25. The van der Waals surface area contributed by atoms with Gasteiger partial charge >= 0.3 is 0 Å². The maximum atomic E-state index is 6.28. The molecular weight excluding hydrogens is 298 g/mol. The highest BCUT2D eigenvalue weighted by molar-refractivity contribution is 7.99. The van der Waals surface area contributed by atoms with Gasteiger partial charge in [0.15, 0.2) is 0 Å². The summed E-state index contributed by atoms with van der Waals surface area (Å²) in [7, 11) is 0. The van der Waals surface area contributed by atoms with Gasteiger partial charge in [-0.15, -0.1) is 11.8 Å². The molecule has 110 valence electrons. The summed E-state index contributed by atoms with van der Waals surface area (Å²) in [4.78, 5) is 1.19. The fourth-order valence-electron chi connectivity index (χ4n) is 2.87. The van der Waals surface area contributed by atoms with Crippen LogP contribution in [-0.2, 0) is 19.3 Å². The van der Waals surface area contributed by atoms with Crippen LogP contribution in [0.15, 0.2) is 47.4 Å². The van der Waals surface area contributed by atoms with E-state index in [1.54, 1.807) is 11.8 Å². The van der Waals surface area contributed by atoms with Gasteiger partial charge in [-0.05, 0) is 60.6 Å². The molecule has 0 radical (unpaired) electrons. The molecule has 1 aliphatic rings. The van der Waals surface area contributed by atoms with Gasteiger partial charge in [0.05, 0.1) is 0 Å². The molecule has 0 saturated carbocycles. The lowest BCUT2D eigenvalue weighted by Gasteiger charge is -2.12. The van der Waals surface area contributed by atoms with Gasteiger partial charge < -0.3 is 5.73 Å². The fraction of sp³-hybridized carbons (Fsp3) is 0.333. The average molecular weight is 318 g/mol. The van der Waals surface area contributed by atoms with Gasteiger partial charge in [0.2, 0.25) is 0 Å². The van der Waals surface area contributed by atoms with Gasteiger partial charge in [-0.25, -0.2) is 0 Å². The molecule has 0 saturated heterocycles. The summed E-state index contributed by atoms with van der Waals surface area (Å²) >= 11 is 7.78. The Hall–Kier alpha value is -0.960. The lowest BCUT2D eigenvalue weighted by Crippen LogP contribution is -2.25. The Labute approximate surface area is 135 Å². The number of benzene rings is 2. The molecule has 3 rings (SSSR count). The standard InChI is InChI=1S/C18H20ClNS/c19-16-5-2-6-18(11-16)21-12-17(20)10-13-7-8-14-3-1-4-15(14)9-13/h2,5-9,11,17H,1,3-4,10,12,20H2. The molecule has 2 N–H and O–H groups in total. The Morgan fingerprint density at radius 2 is 1.95 bits per heavy atom. The molecule has 0 bridgehead atoms. The number of aryl methyl sites for hydroxylation is 2. The Balaban J connectivity index is 1.55. The molecule has 2 aromatic carbocycles. The van der Waals surface area contributed by atoms with E-state index in [2.05, 4.69) is 24.3 Å². The van der Waals surface area contributed by atoms with Crippen molar-refractivity contribution in [2.24, 2.45) is 5.73 Å². The van der Waals surface area contributed by atoms with Gasteiger partial charge in [0.1, 0.15) is 0 Å². The third-order valence-corrected chi connectivity index (χ3v) is 5.34. The van der Waals surface area contributed by atoms with E-state index < -0.39 is 0 Å². The first-order valence-electron chi connectivity index (χ1n) is 7.45. The Morgan fingerprint density at radius 1 is 1.10 bits per heavy atom. The molecule has 0 aliphatic heterocycles. The molecule has 0 aromatic heterocycles. The zero-order valence-corrected chi connectivity index (χ0v) is 13.6. The van der Waals surface area contributed by atoms with Gasteiger partial charge in [0, 0.05) is 21.7 Å². The third kappa shape index (κ3) is 4.03. The van der Waals surface area contributed by atoms with E-state index in [4.69, 9.17) is 17.3 Å². The van der Waals surface area contributed by atoms with Gasteiger partial charge in [-0.1, -0.05) is 35.9 Å². The number of hydrogen-bond donors (Lipinski definition) is 1. The number of thioether (sulfide) groups is 1. The van der Waals surface area contributed by atoms with Crippen LogP contribution in [0.25, 0.3) is 0 Å². The summed E-state index contributed by atoms with van der Waals surface area (Å²) in [5.74, 6) is 0.914. The molecule has 0 amide bonds. The van der Waals surface area contributed by atoms with Gasteiger partial charge in [0.25, 0.3) is 0 Å². The second-order valence-electron chi connectivity index (χ2n) is 5.69. The normalized spacial score (nSPS) is 15.0. The number of halogens is 1. The van der Waals surface area contributed by atoms with Crippen molar-refractivity contribution < 1.29 is 0 Å². The summed E-state index contributed by atoms with van der Waals surface area (Å²) in [5, 5.41) is 0.784. The molecule has 1 atom stereocenters. The number of fused-ring (bicyclic) bond motifs is 1. The minimum Gasteiger partial charge on any atom is -0.327 e. The maximum absolute atomic E-state index is 6.28. The molecule has 1 unspecified atom stereocenters. The molecule has 3 heteroatoms. The van der Waals surface area contributed by atoms with Crippen molar-refractivity contribution in [2.75, 3.05) is 5.75 Å². The van der Waals surface area contributed by atoms with Crippen molar-refractivity contribution in [3.05, 3.63) is 64.2 Å². The first-order chi connectivity index (χ1) is 10.2. The molecule has 2 aromatic rings. The number of nitrogens with two attached hydrogens (primary N) is 1. The van der Waals surface area contributed by atoms with Crippen molar-refractivity contribution in [2.45, 2.75) is 36.6 Å². The Bertz CT molecular complexity index is 626. The van der Waals surface area contributed by atoms with E-state index in [-0.39, 0.29) is 6.04 Å². The summed E-state index contributed by atoms with van der Waals surface area (Å²) in [6, 6.07) is 15.0. The molecular formula is C18H20ClNS. The summed E-state index contributed by atoms with van der Waals surface area (Å²) in [5.41, 5.74) is 10.7. The van der Waals surface area contributed by atoms with Crippen molar-refractivity contribution in [3.8, 4) is 0 Å². The van der Waals surface area contributed by atoms with Crippen LogP contribution in [0.1, 0.15) is 23.1 Å². The summed E-state index contributed by atoms with van der Waals surface area (Å²) < 4.78 is 0. The summed E-state index contributed by atoms with van der Waals surface area (Å²) in [6.45, 7) is 0. The lowest BCUT2D eigenvalue weighted by molar-refractivity contribution is 0.748. The van der Waals surface area contributed by atoms with Crippen LogP contribution in [0.2, 0.25) is 5.02 Å². The highest BCUT2D eigenvalue weighted by Gasteiger charge is 2.12. The minimum atomic E-state index is 0.174. The topological polar surface area (TPSA) is 26.0 Å². The average Bonchev–Trinajstić information content (AvgIpc) is 2.93. The smallest absolute Gasteiger partial charge is 0.0417 e. The van der Waals surface area contributed by atoms with Crippen LogP contribution in [0.4, 0.5) is 0 Å². The minimum absolute atomic E-state index is 0.174. The first-order valence-corrected chi connectivity index (χ1v) is 8.82. The Kier molecular flexibility index (Phi) is 4.89. The fourth-order valence-corrected chi connectivity index (χ4v) is 4.04. The molecule has 1 aliphatic carbocycles. The predicted molar refractivity (Wildman–Crippen MR) is 92.3 cm³/mol. The van der Waals surface area contributed by atoms with E-state index in [0.717, 1.165) is 17.2 Å². The quantitative estimate of drug-likeness (QED) is 0.822. The molecule has 0 heterocycles. The van der Waals surface area contributed by atoms with Crippen LogP contribution >= 0.6 is 23.4 Å². The van der Waals surface area contributed by atoms with Crippen molar-refractivity contribution in [3.63, 3.8) is 0 Å². The second kappa shape index (κ2) is 6.87. The SMILES string of the molecule is NC(CSc1cccc(Cl)c1)Cc1ccc2c(c1)CCC2. The van der Waals surface area contributed by atoms with Crippen LogP contribution in [0.3, 0.4) is 0 Å². The highest BCUT2D eigenvalue weighted by atomic mass is 35.5. The zero-order valence-electron chi connectivity index (χ0n) is 12.0. The number of hydrogen-bond acceptors (Lipinski definition) is 2. The monoisotopic (exact) mass is 317 g/mol. The van der Waals surface area contributed by atoms with Crippen molar-refractivity contribution in [1.29, 1.82) is 0 Å². The predicted octanol–water partition coefficient (Wildman–Crippen LogP) is 4.49. The van der Waals surface area contributed by atoms with Gasteiger partial charge in [-0.2, -0.15) is 0 Å². The van der Waals surface area contributed by atoms with E-state index >= 15 is 0 Å². The van der Waals surface area contributed by atoms with Crippen LogP contribution in [-0.4, -0.2) is 11.8 Å². The zero-order chi connectivity index (χ0) is 14.7. The summed E-state index contributed by atoms with van der Waals surface area (Å²) in [6.07, 6.45) is 4.72. The van der Waals surface area contributed by atoms with E-state index in [1.165, 1.54) is 40.8 Å². The second-order valence-corrected chi connectivity index (χ2v) is 7.22.